The van der Waals surface area contributed by atoms with Crippen molar-refractivity contribution < 1.29 is 0 Å². The van der Waals surface area contributed by atoms with Crippen LogP contribution in [0.15, 0.2) is 0 Å². The third kappa shape index (κ3) is 2.47. The van der Waals surface area contributed by atoms with Crippen LogP contribution >= 0.6 is 0 Å². The summed E-state index contributed by atoms with van der Waals surface area (Å²) in [6.45, 7) is 3.72. The molecular weight excluding hydrogens is 150 g/mol. The Balaban J connectivity index is 2.33. The summed E-state index contributed by atoms with van der Waals surface area (Å²) in [5.41, 5.74) is 5.59. The molecule has 1 aliphatic rings. The average molecular weight is 167 g/mol. The number of hydrogen-bond acceptors (Lipinski definition) is 3. The maximum Gasteiger partial charge on any atom is 0.0635 e. The second-order valence-corrected chi connectivity index (χ2v) is 3.46. The minimum Gasteiger partial charge on any atom is -0.329 e. The maximum atomic E-state index is 8.46. The molecule has 0 aliphatic heterocycles. The summed E-state index contributed by atoms with van der Waals surface area (Å²) in [5.74, 6) is 0. The fourth-order valence-electron chi connectivity index (χ4n) is 1.48. The predicted molar refractivity (Wildman–Crippen MR) is 48.5 cm³/mol. The van der Waals surface area contributed by atoms with Crippen molar-refractivity contribution in [2.24, 2.45) is 5.73 Å². The van der Waals surface area contributed by atoms with Crippen LogP contribution in [-0.4, -0.2) is 30.1 Å². The monoisotopic (exact) mass is 167 g/mol. The summed E-state index contributed by atoms with van der Waals surface area (Å²) in [7, 11) is 0. The van der Waals surface area contributed by atoms with Crippen LogP contribution in [0.1, 0.15) is 26.2 Å². The fraction of sp³-hybridized carbons (Fsp3) is 0.889. The highest BCUT2D eigenvalue weighted by atomic mass is 15.2. The van der Waals surface area contributed by atoms with Gasteiger partial charge in [0.05, 0.1) is 6.07 Å². The molecule has 3 heteroatoms. The van der Waals surface area contributed by atoms with Gasteiger partial charge in [0.15, 0.2) is 0 Å². The molecule has 68 valence electrons. The predicted octanol–water partition coefficient (Wildman–Crippen LogP) is 0.712. The fourth-order valence-corrected chi connectivity index (χ4v) is 1.48. The maximum absolute atomic E-state index is 8.46. The van der Waals surface area contributed by atoms with Gasteiger partial charge in [-0.15, -0.1) is 0 Å². The standard InChI is InChI=1S/C9H17N3/c1-8(7-11)12(6-2-5-10)9-3-4-9/h8-9H,2-4,6-7,11H2,1H3. The third-order valence-corrected chi connectivity index (χ3v) is 2.40. The van der Waals surface area contributed by atoms with Crippen molar-refractivity contribution in [2.75, 3.05) is 13.1 Å². The normalized spacial score (nSPS) is 19.2. The number of rotatable bonds is 5. The van der Waals surface area contributed by atoms with E-state index in [-0.39, 0.29) is 0 Å². The summed E-state index contributed by atoms with van der Waals surface area (Å²) in [5, 5.41) is 8.46. The average Bonchev–Trinajstić information content (AvgIpc) is 2.88. The Bertz CT molecular complexity index is 169. The second kappa shape index (κ2) is 4.44. The zero-order valence-electron chi connectivity index (χ0n) is 7.66. The van der Waals surface area contributed by atoms with Crippen molar-refractivity contribution in [1.82, 2.24) is 4.90 Å². The van der Waals surface area contributed by atoms with E-state index in [1.165, 1.54) is 12.8 Å². The first-order valence-electron chi connectivity index (χ1n) is 4.62. The molecule has 1 unspecified atom stereocenters. The highest BCUT2D eigenvalue weighted by molar-refractivity contribution is 4.89. The number of hydrogen-bond donors (Lipinski definition) is 1. The topological polar surface area (TPSA) is 53.0 Å². The van der Waals surface area contributed by atoms with Gasteiger partial charge < -0.3 is 5.73 Å². The summed E-state index contributed by atoms with van der Waals surface area (Å²) in [4.78, 5) is 2.36. The molecule has 0 aromatic heterocycles. The van der Waals surface area contributed by atoms with E-state index in [9.17, 15) is 0 Å². The van der Waals surface area contributed by atoms with Crippen LogP contribution in [-0.2, 0) is 0 Å². The molecule has 0 amide bonds. The number of nitriles is 1. The largest absolute Gasteiger partial charge is 0.329 e. The highest BCUT2D eigenvalue weighted by Crippen LogP contribution is 2.28. The lowest BCUT2D eigenvalue weighted by molar-refractivity contribution is 0.207. The third-order valence-electron chi connectivity index (χ3n) is 2.40. The zero-order chi connectivity index (χ0) is 8.97. The summed E-state index contributed by atoms with van der Waals surface area (Å²) in [6, 6.07) is 3.33. The van der Waals surface area contributed by atoms with E-state index in [0.717, 1.165) is 12.6 Å². The zero-order valence-corrected chi connectivity index (χ0v) is 7.66. The minimum absolute atomic E-state index is 0.436. The molecular formula is C9H17N3. The second-order valence-electron chi connectivity index (χ2n) is 3.46. The van der Waals surface area contributed by atoms with Gasteiger partial charge in [-0.3, -0.25) is 4.90 Å². The molecule has 0 aromatic carbocycles. The lowest BCUT2D eigenvalue weighted by atomic mass is 10.2. The Hall–Kier alpha value is -0.590. The van der Waals surface area contributed by atoms with E-state index in [4.69, 9.17) is 11.0 Å². The van der Waals surface area contributed by atoms with E-state index in [2.05, 4.69) is 17.9 Å². The summed E-state index contributed by atoms with van der Waals surface area (Å²) >= 11 is 0. The highest BCUT2D eigenvalue weighted by Gasteiger charge is 2.30. The van der Waals surface area contributed by atoms with E-state index in [1.54, 1.807) is 0 Å². The molecule has 1 atom stereocenters. The molecule has 2 N–H and O–H groups in total. The lowest BCUT2D eigenvalue weighted by Gasteiger charge is -2.26. The first-order valence-corrected chi connectivity index (χ1v) is 4.62. The molecule has 1 fully saturated rings. The van der Waals surface area contributed by atoms with Gasteiger partial charge >= 0.3 is 0 Å². The Labute approximate surface area is 74.1 Å². The molecule has 0 bridgehead atoms. The quantitative estimate of drug-likeness (QED) is 0.656. The van der Waals surface area contributed by atoms with Crippen LogP contribution in [0.4, 0.5) is 0 Å². The van der Waals surface area contributed by atoms with E-state index >= 15 is 0 Å². The van der Waals surface area contributed by atoms with Crippen LogP contribution in [0.5, 0.6) is 0 Å². The van der Waals surface area contributed by atoms with Crippen LogP contribution < -0.4 is 5.73 Å². The van der Waals surface area contributed by atoms with Crippen LogP contribution in [0.2, 0.25) is 0 Å². The first kappa shape index (κ1) is 9.50. The van der Waals surface area contributed by atoms with Gasteiger partial charge in [0.25, 0.3) is 0 Å². The van der Waals surface area contributed by atoms with Gasteiger partial charge in [0.2, 0.25) is 0 Å². The van der Waals surface area contributed by atoms with Crippen LogP contribution in [0, 0.1) is 11.3 Å². The molecule has 0 aromatic rings. The van der Waals surface area contributed by atoms with Crippen LogP contribution in [0.25, 0.3) is 0 Å². The van der Waals surface area contributed by atoms with E-state index < -0.39 is 0 Å². The van der Waals surface area contributed by atoms with Crippen molar-refractivity contribution in [1.29, 1.82) is 5.26 Å². The summed E-state index contributed by atoms with van der Waals surface area (Å²) < 4.78 is 0. The molecule has 3 nitrogen and oxygen atoms in total. The first-order chi connectivity index (χ1) is 5.79. The minimum atomic E-state index is 0.436. The molecule has 0 saturated heterocycles. The molecule has 12 heavy (non-hydrogen) atoms. The van der Waals surface area contributed by atoms with Crippen molar-refractivity contribution in [2.45, 2.75) is 38.3 Å². The van der Waals surface area contributed by atoms with Crippen molar-refractivity contribution >= 4 is 0 Å². The molecule has 1 saturated carbocycles. The molecule has 0 radical (unpaired) electrons. The Morgan fingerprint density at radius 3 is 2.75 bits per heavy atom. The Morgan fingerprint density at radius 1 is 1.67 bits per heavy atom. The molecule has 1 aliphatic carbocycles. The molecule has 0 heterocycles. The van der Waals surface area contributed by atoms with Crippen molar-refractivity contribution in [3.8, 4) is 6.07 Å². The van der Waals surface area contributed by atoms with Crippen molar-refractivity contribution in [3.63, 3.8) is 0 Å². The van der Waals surface area contributed by atoms with E-state index in [0.29, 0.717) is 19.0 Å². The van der Waals surface area contributed by atoms with E-state index in [1.807, 2.05) is 0 Å². The van der Waals surface area contributed by atoms with Crippen LogP contribution in [0.3, 0.4) is 0 Å². The lowest BCUT2D eigenvalue weighted by Crippen LogP contribution is -2.40. The Kier molecular flexibility index (Phi) is 3.51. The molecule has 0 spiro atoms. The van der Waals surface area contributed by atoms with Gasteiger partial charge in [-0.05, 0) is 19.8 Å². The van der Waals surface area contributed by atoms with Gasteiger partial charge in [-0.25, -0.2) is 0 Å². The van der Waals surface area contributed by atoms with Gasteiger partial charge in [0, 0.05) is 31.6 Å². The van der Waals surface area contributed by atoms with Gasteiger partial charge in [-0.2, -0.15) is 5.26 Å². The smallest absolute Gasteiger partial charge is 0.0635 e. The van der Waals surface area contributed by atoms with Gasteiger partial charge in [0.1, 0.15) is 0 Å². The number of nitrogens with two attached hydrogens (primary N) is 1. The van der Waals surface area contributed by atoms with Gasteiger partial charge in [-0.1, -0.05) is 0 Å². The summed E-state index contributed by atoms with van der Waals surface area (Å²) in [6.07, 6.45) is 3.20. The molecule has 1 rings (SSSR count). The SMILES string of the molecule is CC(CN)N(CCC#N)C1CC1. The Morgan fingerprint density at radius 2 is 2.33 bits per heavy atom. The number of nitrogens with zero attached hydrogens (tertiary/aromatic N) is 2. The van der Waals surface area contributed by atoms with Crippen molar-refractivity contribution in [3.05, 3.63) is 0 Å².